The van der Waals surface area contributed by atoms with E-state index in [1.54, 1.807) is 0 Å². The van der Waals surface area contributed by atoms with Crippen molar-refractivity contribution in [3.8, 4) is 0 Å². The van der Waals surface area contributed by atoms with Gasteiger partial charge in [-0.25, -0.2) is 0 Å². The van der Waals surface area contributed by atoms with E-state index in [1.807, 2.05) is 6.92 Å². The molecule has 8 nitrogen and oxygen atoms in total. The number of nitrogens with one attached hydrogen (secondary N) is 1. The molecule has 8 heteroatoms. The topological polar surface area (TPSA) is 103 Å². The van der Waals surface area contributed by atoms with Gasteiger partial charge in [0, 0.05) is 11.1 Å². The Morgan fingerprint density at radius 2 is 2.38 bits per heavy atom. The Kier molecular flexibility index (Phi) is 3.60. The SMILES string of the molecule is C[C@H](NC(=O)Cn1cnc([N+](=O)[O-])n1)[C@H]1C[C@@H]2CC[C@H]1C2. The van der Waals surface area contributed by atoms with Gasteiger partial charge < -0.3 is 15.4 Å². The van der Waals surface area contributed by atoms with E-state index in [2.05, 4.69) is 15.4 Å². The average molecular weight is 293 g/mol. The van der Waals surface area contributed by atoms with Crippen LogP contribution in [0.15, 0.2) is 6.33 Å². The molecular formula is C13H19N5O3. The lowest BCUT2D eigenvalue weighted by Gasteiger charge is -2.28. The molecule has 1 aromatic rings. The molecule has 21 heavy (non-hydrogen) atoms. The molecular weight excluding hydrogens is 274 g/mol. The molecule has 0 saturated heterocycles. The largest absolute Gasteiger partial charge is 0.490 e. The summed E-state index contributed by atoms with van der Waals surface area (Å²) in [7, 11) is 0. The summed E-state index contributed by atoms with van der Waals surface area (Å²) in [5, 5.41) is 17.1. The number of rotatable bonds is 5. The van der Waals surface area contributed by atoms with Gasteiger partial charge in [0.1, 0.15) is 6.54 Å². The molecule has 0 aromatic carbocycles. The van der Waals surface area contributed by atoms with Gasteiger partial charge in [-0.2, -0.15) is 4.68 Å². The lowest BCUT2D eigenvalue weighted by Crippen LogP contribution is -2.41. The van der Waals surface area contributed by atoms with Crippen molar-refractivity contribution >= 4 is 11.9 Å². The highest BCUT2D eigenvalue weighted by atomic mass is 16.6. The fourth-order valence-electron chi connectivity index (χ4n) is 3.90. The van der Waals surface area contributed by atoms with Crippen molar-refractivity contribution in [1.29, 1.82) is 0 Å². The summed E-state index contributed by atoms with van der Waals surface area (Å²) in [6, 6.07) is 0.145. The molecule has 4 atom stereocenters. The zero-order valence-corrected chi connectivity index (χ0v) is 11.9. The first-order valence-corrected chi connectivity index (χ1v) is 7.36. The number of carbonyl (C=O) groups excluding carboxylic acids is 1. The summed E-state index contributed by atoms with van der Waals surface area (Å²) in [5.41, 5.74) is 0. The molecule has 1 heterocycles. The van der Waals surface area contributed by atoms with Crippen LogP contribution in [-0.4, -0.2) is 31.6 Å². The van der Waals surface area contributed by atoms with Gasteiger partial charge >= 0.3 is 5.95 Å². The summed E-state index contributed by atoms with van der Waals surface area (Å²) in [5.74, 6) is 1.50. The third kappa shape index (κ3) is 2.88. The molecule has 1 amide bonds. The molecule has 2 saturated carbocycles. The third-order valence-electron chi connectivity index (χ3n) is 4.82. The van der Waals surface area contributed by atoms with Gasteiger partial charge in [0.15, 0.2) is 0 Å². The van der Waals surface area contributed by atoms with Gasteiger partial charge in [-0.15, -0.1) is 0 Å². The van der Waals surface area contributed by atoms with Crippen molar-refractivity contribution in [3.63, 3.8) is 0 Å². The standard InChI is InChI=1S/C13H19N5O3/c1-8(11-5-9-2-3-10(11)4-9)15-12(19)6-17-7-14-13(16-17)18(20)21/h7-11H,2-6H2,1H3,(H,15,19)/t8-,9+,10-,11+/m0/s1. The van der Waals surface area contributed by atoms with E-state index < -0.39 is 10.9 Å². The Morgan fingerprint density at radius 3 is 2.95 bits per heavy atom. The number of carbonyl (C=O) groups is 1. The number of fused-ring (bicyclic) bond motifs is 2. The maximum Gasteiger partial charge on any atom is 0.490 e. The fourth-order valence-corrected chi connectivity index (χ4v) is 3.90. The van der Waals surface area contributed by atoms with Gasteiger partial charge in [-0.1, -0.05) is 11.4 Å². The van der Waals surface area contributed by atoms with E-state index in [-0.39, 0.29) is 18.5 Å². The molecule has 2 aliphatic carbocycles. The first-order chi connectivity index (χ1) is 10.0. The monoisotopic (exact) mass is 293 g/mol. The van der Waals surface area contributed by atoms with Gasteiger partial charge in [0.25, 0.3) is 0 Å². The van der Waals surface area contributed by atoms with Crippen LogP contribution >= 0.6 is 0 Å². The highest BCUT2D eigenvalue weighted by Gasteiger charge is 2.42. The second-order valence-corrected chi connectivity index (χ2v) is 6.19. The lowest BCUT2D eigenvalue weighted by atomic mass is 9.84. The molecule has 0 spiro atoms. The van der Waals surface area contributed by atoms with Crippen LogP contribution in [0.1, 0.15) is 32.6 Å². The van der Waals surface area contributed by atoms with Crippen LogP contribution in [0.2, 0.25) is 0 Å². The van der Waals surface area contributed by atoms with Crippen LogP contribution in [0.4, 0.5) is 5.95 Å². The lowest BCUT2D eigenvalue weighted by molar-refractivity contribution is -0.394. The smallest absolute Gasteiger partial charge is 0.390 e. The summed E-state index contributed by atoms with van der Waals surface area (Å²) in [6.45, 7) is 2.01. The maximum absolute atomic E-state index is 12.0. The average Bonchev–Trinajstić information content (AvgIpc) is 3.13. The minimum Gasteiger partial charge on any atom is -0.390 e. The molecule has 2 aliphatic rings. The normalized spacial score (nSPS) is 28.5. The number of aromatic nitrogens is 3. The molecule has 1 N–H and O–H groups in total. The summed E-state index contributed by atoms with van der Waals surface area (Å²) in [4.78, 5) is 25.3. The van der Waals surface area contributed by atoms with Crippen LogP contribution in [-0.2, 0) is 11.3 Å². The summed E-state index contributed by atoms with van der Waals surface area (Å²) in [6.07, 6.45) is 6.34. The van der Waals surface area contributed by atoms with Crippen molar-refractivity contribution in [3.05, 3.63) is 16.4 Å². The van der Waals surface area contributed by atoms with Crippen molar-refractivity contribution in [2.24, 2.45) is 17.8 Å². The maximum atomic E-state index is 12.0. The van der Waals surface area contributed by atoms with Gasteiger partial charge in [0.2, 0.25) is 12.2 Å². The summed E-state index contributed by atoms with van der Waals surface area (Å²) >= 11 is 0. The number of hydrogen-bond donors (Lipinski definition) is 1. The Labute approximate surface area is 122 Å². The van der Waals surface area contributed by atoms with Gasteiger partial charge in [0.05, 0.1) is 0 Å². The minimum atomic E-state index is -0.674. The van der Waals surface area contributed by atoms with Crippen LogP contribution in [0.5, 0.6) is 0 Å². The fraction of sp³-hybridized carbons (Fsp3) is 0.769. The Morgan fingerprint density at radius 1 is 1.57 bits per heavy atom. The first kappa shape index (κ1) is 14.0. The number of amides is 1. The zero-order chi connectivity index (χ0) is 15.0. The van der Waals surface area contributed by atoms with Crippen molar-refractivity contribution < 1.29 is 9.72 Å². The Balaban J connectivity index is 1.52. The van der Waals surface area contributed by atoms with Crippen LogP contribution in [0, 0.1) is 27.9 Å². The third-order valence-corrected chi connectivity index (χ3v) is 4.82. The molecule has 0 aliphatic heterocycles. The second-order valence-electron chi connectivity index (χ2n) is 6.19. The quantitative estimate of drug-likeness (QED) is 0.647. The number of nitrogens with zero attached hydrogens (tertiary/aromatic N) is 4. The van der Waals surface area contributed by atoms with E-state index in [4.69, 9.17) is 0 Å². The zero-order valence-electron chi connectivity index (χ0n) is 11.9. The van der Waals surface area contributed by atoms with Crippen molar-refractivity contribution in [2.45, 2.75) is 45.2 Å². The van der Waals surface area contributed by atoms with E-state index in [0.29, 0.717) is 5.92 Å². The van der Waals surface area contributed by atoms with E-state index >= 15 is 0 Å². The Hall–Kier alpha value is -1.99. The van der Waals surface area contributed by atoms with E-state index in [9.17, 15) is 14.9 Å². The molecule has 0 radical (unpaired) electrons. The predicted octanol–water partition coefficient (Wildman–Crippen LogP) is 1.13. The summed E-state index contributed by atoms with van der Waals surface area (Å²) < 4.78 is 1.20. The molecule has 3 rings (SSSR count). The van der Waals surface area contributed by atoms with Crippen molar-refractivity contribution in [1.82, 2.24) is 20.1 Å². The predicted molar refractivity (Wildman–Crippen MR) is 73.2 cm³/mol. The second kappa shape index (κ2) is 5.42. The van der Waals surface area contributed by atoms with Crippen LogP contribution < -0.4 is 5.32 Å². The Bertz CT molecular complexity index is 558. The van der Waals surface area contributed by atoms with E-state index in [1.165, 1.54) is 36.7 Å². The number of nitro groups is 1. The first-order valence-electron chi connectivity index (χ1n) is 7.36. The van der Waals surface area contributed by atoms with Crippen molar-refractivity contribution in [2.75, 3.05) is 0 Å². The molecule has 114 valence electrons. The van der Waals surface area contributed by atoms with Crippen LogP contribution in [0.3, 0.4) is 0 Å². The molecule has 2 fully saturated rings. The highest BCUT2D eigenvalue weighted by molar-refractivity contribution is 5.75. The number of hydrogen-bond acceptors (Lipinski definition) is 5. The molecule has 0 unspecified atom stereocenters. The molecule has 1 aromatic heterocycles. The van der Waals surface area contributed by atoms with Gasteiger partial charge in [-0.3, -0.25) is 4.79 Å². The van der Waals surface area contributed by atoms with E-state index in [0.717, 1.165) is 11.8 Å². The minimum absolute atomic E-state index is 0.0357. The highest BCUT2D eigenvalue weighted by Crippen LogP contribution is 2.49. The van der Waals surface area contributed by atoms with Crippen LogP contribution in [0.25, 0.3) is 0 Å². The van der Waals surface area contributed by atoms with Gasteiger partial charge in [-0.05, 0) is 48.9 Å². The molecule has 2 bridgehead atoms.